The molecule has 4 heterocycles. The highest BCUT2D eigenvalue weighted by molar-refractivity contribution is 5.94. The van der Waals surface area contributed by atoms with Crippen molar-refractivity contribution in [1.29, 1.82) is 0 Å². The summed E-state index contributed by atoms with van der Waals surface area (Å²) in [5.41, 5.74) is 1.36. The van der Waals surface area contributed by atoms with Crippen LogP contribution < -0.4 is 4.90 Å². The molecule has 2 fully saturated rings. The summed E-state index contributed by atoms with van der Waals surface area (Å²) in [6.45, 7) is 3.86. The average molecular weight is 428 g/mol. The number of aliphatic hydroxyl groups is 1. The first-order chi connectivity index (χ1) is 15.1. The van der Waals surface area contributed by atoms with Crippen LogP contribution >= 0.6 is 0 Å². The van der Waals surface area contributed by atoms with Crippen molar-refractivity contribution in [3.8, 4) is 0 Å². The van der Waals surface area contributed by atoms with E-state index >= 15 is 0 Å². The number of rotatable bonds is 4. The van der Waals surface area contributed by atoms with Crippen LogP contribution in [0.4, 0.5) is 5.82 Å². The van der Waals surface area contributed by atoms with Crippen LogP contribution in [0.15, 0.2) is 42.7 Å². The van der Waals surface area contributed by atoms with Gasteiger partial charge >= 0.3 is 0 Å². The van der Waals surface area contributed by atoms with Crippen molar-refractivity contribution >= 4 is 18.2 Å². The Morgan fingerprint density at radius 2 is 1.81 bits per heavy atom. The van der Waals surface area contributed by atoms with Gasteiger partial charge in [0.1, 0.15) is 5.82 Å². The smallest absolute Gasteiger partial charge is 0.290 e. The second-order valence-corrected chi connectivity index (χ2v) is 7.44. The van der Waals surface area contributed by atoms with Crippen LogP contribution in [0.3, 0.4) is 0 Å². The van der Waals surface area contributed by atoms with Crippen molar-refractivity contribution in [2.24, 2.45) is 5.92 Å². The molecule has 0 radical (unpaired) electrons. The normalized spacial score (nSPS) is 18.0. The van der Waals surface area contributed by atoms with E-state index in [2.05, 4.69) is 14.9 Å². The molecule has 9 nitrogen and oxygen atoms in total. The highest BCUT2D eigenvalue weighted by Crippen LogP contribution is 2.31. The number of pyridine rings is 2. The molecule has 0 bridgehead atoms. The second-order valence-electron chi connectivity index (χ2n) is 7.44. The molecule has 0 saturated carbocycles. The van der Waals surface area contributed by atoms with Crippen LogP contribution in [0, 0.1) is 5.92 Å². The Balaban J connectivity index is 0.000000858. The number of carbonyl (C=O) groups is 2. The predicted molar refractivity (Wildman–Crippen MR) is 114 cm³/mol. The van der Waals surface area contributed by atoms with E-state index in [1.54, 1.807) is 12.4 Å². The number of carbonyl (C=O) groups excluding carboxylic acids is 1. The number of hydrogen-bond acceptors (Lipinski definition) is 7. The molecule has 0 spiro atoms. The van der Waals surface area contributed by atoms with E-state index in [0.717, 1.165) is 37.4 Å². The van der Waals surface area contributed by atoms with Crippen LogP contribution in [0.25, 0.3) is 0 Å². The fourth-order valence-electron chi connectivity index (χ4n) is 3.89. The molecule has 1 atom stereocenters. The molecule has 31 heavy (non-hydrogen) atoms. The molecule has 2 saturated heterocycles. The second kappa shape index (κ2) is 11.4. The summed E-state index contributed by atoms with van der Waals surface area (Å²) >= 11 is 0. The fourth-order valence-corrected chi connectivity index (χ4v) is 3.89. The molecule has 2 aromatic rings. The molecule has 1 unspecified atom stereocenters. The highest BCUT2D eigenvalue weighted by Gasteiger charge is 2.27. The van der Waals surface area contributed by atoms with Crippen LogP contribution in [0.5, 0.6) is 0 Å². The van der Waals surface area contributed by atoms with Crippen molar-refractivity contribution < 1.29 is 24.5 Å². The molecular weight excluding hydrogens is 400 g/mol. The molecule has 2 N–H and O–H groups in total. The Morgan fingerprint density at radius 3 is 2.39 bits per heavy atom. The number of morpholine rings is 1. The third kappa shape index (κ3) is 5.99. The molecule has 2 aromatic heterocycles. The van der Waals surface area contributed by atoms with Gasteiger partial charge in [-0.3, -0.25) is 14.6 Å². The Hall–Kier alpha value is -3.04. The van der Waals surface area contributed by atoms with Crippen LogP contribution in [0.1, 0.15) is 35.0 Å². The predicted octanol–water partition coefficient (Wildman–Crippen LogP) is 1.60. The fraction of sp³-hybridized carbons (Fsp3) is 0.455. The standard InChI is InChI=1S/C21H26N4O3.CH2O2/c26-20(18-3-1-2-8-22-18)16-6-9-24(10-7-16)19-5-4-17(15-23-19)21(27)25-11-13-28-14-12-25;2-1-3/h1-5,8,15-16,20,26H,6-7,9-14H2;1H,(H,2,3). The van der Waals surface area contributed by atoms with E-state index in [0.29, 0.717) is 31.9 Å². The van der Waals surface area contributed by atoms with Gasteiger partial charge in [-0.05, 0) is 43.0 Å². The van der Waals surface area contributed by atoms with Crippen molar-refractivity contribution in [1.82, 2.24) is 14.9 Å². The molecule has 0 aliphatic carbocycles. The SMILES string of the molecule is O=C(c1ccc(N2CCC(C(O)c3ccccn3)CC2)nc1)N1CCOCC1.O=CO. The monoisotopic (exact) mass is 428 g/mol. The molecular formula is C22H28N4O5. The van der Waals surface area contributed by atoms with Crippen molar-refractivity contribution in [2.45, 2.75) is 18.9 Å². The van der Waals surface area contributed by atoms with Gasteiger partial charge in [-0.25, -0.2) is 4.98 Å². The molecule has 2 aliphatic heterocycles. The quantitative estimate of drug-likeness (QED) is 0.706. The lowest BCUT2D eigenvalue weighted by atomic mass is 9.89. The van der Waals surface area contributed by atoms with Gasteiger partial charge in [-0.2, -0.15) is 0 Å². The van der Waals surface area contributed by atoms with Gasteiger partial charge in [-0.1, -0.05) is 6.07 Å². The van der Waals surface area contributed by atoms with E-state index in [9.17, 15) is 9.90 Å². The van der Waals surface area contributed by atoms with Gasteiger partial charge in [0.15, 0.2) is 0 Å². The average Bonchev–Trinajstić information content (AvgIpc) is 2.85. The molecule has 1 amide bonds. The summed E-state index contributed by atoms with van der Waals surface area (Å²) in [5.74, 6) is 1.09. The zero-order valence-electron chi connectivity index (χ0n) is 17.3. The number of aliphatic hydroxyl groups excluding tert-OH is 1. The van der Waals surface area contributed by atoms with Crippen LogP contribution in [-0.2, 0) is 9.53 Å². The van der Waals surface area contributed by atoms with E-state index < -0.39 is 6.10 Å². The number of anilines is 1. The Kier molecular flexibility index (Phi) is 8.31. The van der Waals surface area contributed by atoms with Gasteiger partial charge < -0.3 is 24.7 Å². The van der Waals surface area contributed by atoms with E-state index in [1.165, 1.54) is 0 Å². The first kappa shape index (κ1) is 22.6. The van der Waals surface area contributed by atoms with E-state index in [-0.39, 0.29) is 18.3 Å². The Morgan fingerprint density at radius 1 is 1.10 bits per heavy atom. The van der Waals surface area contributed by atoms with Crippen molar-refractivity contribution in [3.63, 3.8) is 0 Å². The summed E-state index contributed by atoms with van der Waals surface area (Å²) in [6, 6.07) is 9.42. The maximum absolute atomic E-state index is 12.5. The Labute approximate surface area is 181 Å². The Bertz CT molecular complexity index is 820. The summed E-state index contributed by atoms with van der Waals surface area (Å²) in [4.78, 5) is 33.7. The van der Waals surface area contributed by atoms with E-state index in [4.69, 9.17) is 14.6 Å². The lowest BCUT2D eigenvalue weighted by molar-refractivity contribution is -0.122. The summed E-state index contributed by atoms with van der Waals surface area (Å²) in [7, 11) is 0. The van der Waals surface area contributed by atoms with Crippen molar-refractivity contribution in [2.75, 3.05) is 44.3 Å². The number of aromatic nitrogens is 2. The zero-order valence-corrected chi connectivity index (χ0v) is 17.3. The van der Waals surface area contributed by atoms with Crippen LogP contribution in [-0.4, -0.2) is 76.9 Å². The minimum absolute atomic E-state index is 0.0135. The van der Waals surface area contributed by atoms with E-state index in [1.807, 2.05) is 35.2 Å². The maximum Gasteiger partial charge on any atom is 0.290 e. The molecule has 0 aromatic carbocycles. The van der Waals surface area contributed by atoms with Gasteiger partial charge in [0.2, 0.25) is 0 Å². The molecule has 2 aliphatic rings. The largest absolute Gasteiger partial charge is 0.483 e. The third-order valence-corrected chi connectivity index (χ3v) is 5.59. The topological polar surface area (TPSA) is 116 Å². The summed E-state index contributed by atoms with van der Waals surface area (Å²) < 4.78 is 5.30. The lowest BCUT2D eigenvalue weighted by Crippen LogP contribution is -2.40. The summed E-state index contributed by atoms with van der Waals surface area (Å²) in [6.07, 6.45) is 4.63. The minimum atomic E-state index is -0.523. The highest BCUT2D eigenvalue weighted by atomic mass is 16.5. The number of amides is 1. The van der Waals surface area contributed by atoms with Gasteiger partial charge in [0.05, 0.1) is 30.6 Å². The lowest BCUT2D eigenvalue weighted by Gasteiger charge is -2.34. The van der Waals surface area contributed by atoms with Gasteiger partial charge in [0.25, 0.3) is 12.4 Å². The number of carboxylic acid groups (broad SMARTS) is 1. The summed E-state index contributed by atoms with van der Waals surface area (Å²) in [5, 5.41) is 17.5. The first-order valence-corrected chi connectivity index (χ1v) is 10.4. The molecule has 4 rings (SSSR count). The maximum atomic E-state index is 12.5. The molecule has 9 heteroatoms. The van der Waals surface area contributed by atoms with Gasteiger partial charge in [0, 0.05) is 38.6 Å². The number of hydrogen-bond donors (Lipinski definition) is 2. The first-order valence-electron chi connectivity index (χ1n) is 10.4. The van der Waals surface area contributed by atoms with Gasteiger partial charge in [-0.15, -0.1) is 0 Å². The molecule has 166 valence electrons. The number of ether oxygens (including phenoxy) is 1. The third-order valence-electron chi connectivity index (χ3n) is 5.59. The van der Waals surface area contributed by atoms with Crippen LogP contribution in [0.2, 0.25) is 0 Å². The number of piperidine rings is 1. The minimum Gasteiger partial charge on any atom is -0.483 e. The van der Waals surface area contributed by atoms with Crippen molar-refractivity contribution in [3.05, 3.63) is 54.0 Å². The zero-order chi connectivity index (χ0) is 22.1. The number of nitrogens with zero attached hydrogens (tertiary/aromatic N) is 4.